The molecule has 0 spiro atoms. The van der Waals surface area contributed by atoms with E-state index in [4.69, 9.17) is 4.74 Å². The molecule has 0 aliphatic carbocycles. The maximum absolute atomic E-state index is 10.8. The molecule has 0 saturated carbocycles. The molecule has 0 aliphatic heterocycles. The van der Waals surface area contributed by atoms with E-state index in [-0.39, 0.29) is 6.67 Å². The Balaban J connectivity index is 3.35. The predicted molar refractivity (Wildman–Crippen MR) is 47.8 cm³/mol. The predicted octanol–water partition coefficient (Wildman–Crippen LogP) is 1.08. The summed E-state index contributed by atoms with van der Waals surface area (Å²) in [6, 6.07) is 0. The summed E-state index contributed by atoms with van der Waals surface area (Å²) in [4.78, 5) is 20.7. The van der Waals surface area contributed by atoms with Crippen molar-refractivity contribution in [2.24, 2.45) is 5.29 Å². The van der Waals surface area contributed by atoms with E-state index < -0.39 is 6.09 Å². The summed E-state index contributed by atoms with van der Waals surface area (Å²) >= 11 is 0. The molecule has 76 valence electrons. The molecule has 0 atom stereocenters. The number of hydrogen-bond acceptors (Lipinski definition) is 4. The van der Waals surface area contributed by atoms with Gasteiger partial charge in [-0.2, -0.15) is 0 Å². The number of alkyl carbamates (subject to hydrolysis) is 1. The van der Waals surface area contributed by atoms with Gasteiger partial charge >= 0.3 is 6.09 Å². The molecular formula is C7H15N3O3. The summed E-state index contributed by atoms with van der Waals surface area (Å²) in [5, 5.41) is 5.99. The van der Waals surface area contributed by atoms with E-state index in [1.54, 1.807) is 0 Å². The van der Waals surface area contributed by atoms with Crippen molar-refractivity contribution in [2.45, 2.75) is 19.8 Å². The van der Waals surface area contributed by atoms with Crippen molar-refractivity contribution in [3.8, 4) is 0 Å². The molecule has 1 N–H and O–H groups in total. The van der Waals surface area contributed by atoms with E-state index in [9.17, 15) is 9.70 Å². The largest absolute Gasteiger partial charge is 0.450 e. The summed E-state index contributed by atoms with van der Waals surface area (Å²) in [5.41, 5.74) is 0. The van der Waals surface area contributed by atoms with E-state index in [1.807, 2.05) is 6.92 Å². The molecule has 13 heavy (non-hydrogen) atoms. The lowest BCUT2D eigenvalue weighted by atomic mass is 10.4. The summed E-state index contributed by atoms with van der Waals surface area (Å²) in [6.45, 7) is 2.47. The number of unbranched alkanes of at least 4 members (excludes halogenated alkanes) is 1. The molecule has 0 saturated heterocycles. The Hall–Kier alpha value is -1.33. The van der Waals surface area contributed by atoms with Gasteiger partial charge in [0.15, 0.2) is 0 Å². The Bertz CT molecular complexity index is 163. The molecule has 0 heterocycles. The zero-order valence-corrected chi connectivity index (χ0v) is 7.95. The second-order valence-corrected chi connectivity index (χ2v) is 2.56. The van der Waals surface area contributed by atoms with Gasteiger partial charge < -0.3 is 10.1 Å². The number of carbonyl (C=O) groups is 1. The molecule has 0 bridgehead atoms. The van der Waals surface area contributed by atoms with E-state index in [0.717, 1.165) is 17.9 Å². The smallest absolute Gasteiger partial charge is 0.408 e. The number of nitrogens with one attached hydrogen (secondary N) is 1. The number of ether oxygens (including phenoxy) is 1. The van der Waals surface area contributed by atoms with Gasteiger partial charge in [-0.25, -0.2) is 9.80 Å². The van der Waals surface area contributed by atoms with Gasteiger partial charge in [-0.15, -0.1) is 4.91 Å². The number of nitrogens with zero attached hydrogens (tertiary/aromatic N) is 2. The minimum Gasteiger partial charge on any atom is -0.450 e. The molecule has 0 unspecified atom stereocenters. The zero-order chi connectivity index (χ0) is 10.1. The Labute approximate surface area is 77.2 Å². The van der Waals surface area contributed by atoms with Gasteiger partial charge in [0, 0.05) is 7.05 Å². The van der Waals surface area contributed by atoms with Crippen LogP contribution in [-0.4, -0.2) is 31.4 Å². The topological polar surface area (TPSA) is 71.0 Å². The number of amides is 1. The second-order valence-electron chi connectivity index (χ2n) is 2.56. The minimum atomic E-state index is -0.524. The Morgan fingerprint density at radius 2 is 2.31 bits per heavy atom. The maximum Gasteiger partial charge on any atom is 0.408 e. The van der Waals surface area contributed by atoms with Crippen molar-refractivity contribution in [1.82, 2.24) is 10.3 Å². The second kappa shape index (κ2) is 7.33. The van der Waals surface area contributed by atoms with Gasteiger partial charge in [0.05, 0.1) is 11.9 Å². The molecule has 0 aliphatic rings. The van der Waals surface area contributed by atoms with E-state index >= 15 is 0 Å². The lowest BCUT2D eigenvalue weighted by Gasteiger charge is -2.09. The van der Waals surface area contributed by atoms with Crippen LogP contribution in [0, 0.1) is 4.91 Å². The Morgan fingerprint density at radius 3 is 2.85 bits per heavy atom. The lowest BCUT2D eigenvalue weighted by molar-refractivity contribution is 0.138. The molecule has 0 aromatic heterocycles. The zero-order valence-electron chi connectivity index (χ0n) is 7.95. The highest BCUT2D eigenvalue weighted by Gasteiger charge is 2.01. The SMILES string of the molecule is CCCCOC(=O)NCN(C)N=O. The first-order valence-electron chi connectivity index (χ1n) is 4.15. The number of nitroso groups, excluding NO2 is 1. The van der Waals surface area contributed by atoms with E-state index in [1.165, 1.54) is 7.05 Å². The highest BCUT2D eigenvalue weighted by molar-refractivity contribution is 5.66. The summed E-state index contributed by atoms with van der Waals surface area (Å²) in [6.07, 6.45) is 1.29. The lowest BCUT2D eigenvalue weighted by Crippen LogP contribution is -2.33. The van der Waals surface area contributed by atoms with Crippen molar-refractivity contribution in [2.75, 3.05) is 20.3 Å². The van der Waals surface area contributed by atoms with Crippen LogP contribution in [-0.2, 0) is 4.74 Å². The molecule has 0 fully saturated rings. The average molecular weight is 189 g/mol. The van der Waals surface area contributed by atoms with E-state index in [2.05, 4.69) is 10.6 Å². The standard InChI is InChI=1S/C7H15N3O3/c1-3-4-5-13-7(11)8-6-10(2)9-12/h3-6H2,1-2H3,(H,8,11). The quantitative estimate of drug-likeness (QED) is 0.294. The highest BCUT2D eigenvalue weighted by atomic mass is 16.5. The maximum atomic E-state index is 10.8. The number of rotatable bonds is 6. The summed E-state index contributed by atoms with van der Waals surface area (Å²) in [7, 11) is 1.46. The van der Waals surface area contributed by atoms with Crippen LogP contribution in [0.15, 0.2) is 5.29 Å². The van der Waals surface area contributed by atoms with Crippen molar-refractivity contribution >= 4 is 6.09 Å². The molecule has 0 rings (SSSR count). The van der Waals surface area contributed by atoms with Crippen molar-refractivity contribution in [1.29, 1.82) is 0 Å². The van der Waals surface area contributed by atoms with Crippen LogP contribution in [0.1, 0.15) is 19.8 Å². The molecular weight excluding hydrogens is 174 g/mol. The summed E-state index contributed by atoms with van der Waals surface area (Å²) in [5.74, 6) is 0. The minimum absolute atomic E-state index is 0.0639. The van der Waals surface area contributed by atoms with Gasteiger partial charge in [0.25, 0.3) is 0 Å². The van der Waals surface area contributed by atoms with Crippen LogP contribution in [0.4, 0.5) is 4.79 Å². The van der Waals surface area contributed by atoms with Crippen LogP contribution in [0.5, 0.6) is 0 Å². The molecule has 0 aromatic rings. The van der Waals surface area contributed by atoms with Crippen LogP contribution >= 0.6 is 0 Å². The fourth-order valence-corrected chi connectivity index (χ4v) is 0.568. The van der Waals surface area contributed by atoms with Gasteiger partial charge in [-0.3, -0.25) is 0 Å². The summed E-state index contributed by atoms with van der Waals surface area (Å²) < 4.78 is 4.76. The molecule has 6 nitrogen and oxygen atoms in total. The van der Waals surface area contributed by atoms with Crippen LogP contribution in [0.2, 0.25) is 0 Å². The monoisotopic (exact) mass is 189 g/mol. The fraction of sp³-hybridized carbons (Fsp3) is 0.857. The first kappa shape index (κ1) is 11.7. The van der Waals surface area contributed by atoms with Gasteiger partial charge in [-0.1, -0.05) is 13.3 Å². The van der Waals surface area contributed by atoms with Crippen LogP contribution < -0.4 is 5.32 Å². The van der Waals surface area contributed by atoms with E-state index in [0.29, 0.717) is 6.61 Å². The van der Waals surface area contributed by atoms with Crippen molar-refractivity contribution < 1.29 is 9.53 Å². The molecule has 1 amide bonds. The normalized spacial score (nSPS) is 9.08. The van der Waals surface area contributed by atoms with Gasteiger partial charge in [-0.05, 0) is 6.42 Å². The third-order valence-electron chi connectivity index (χ3n) is 1.32. The number of hydrogen-bond donors (Lipinski definition) is 1. The van der Waals surface area contributed by atoms with Crippen LogP contribution in [0.25, 0.3) is 0 Å². The van der Waals surface area contributed by atoms with Gasteiger partial charge in [0.1, 0.15) is 6.67 Å². The highest BCUT2D eigenvalue weighted by Crippen LogP contribution is 1.88. The molecule has 0 radical (unpaired) electrons. The Morgan fingerprint density at radius 1 is 1.62 bits per heavy atom. The Kier molecular flexibility index (Phi) is 6.58. The molecule has 0 aromatic carbocycles. The fourth-order valence-electron chi connectivity index (χ4n) is 0.568. The number of carbonyl (C=O) groups excluding carboxylic acids is 1. The van der Waals surface area contributed by atoms with Gasteiger partial charge in [0.2, 0.25) is 0 Å². The first-order valence-corrected chi connectivity index (χ1v) is 4.15. The van der Waals surface area contributed by atoms with Crippen molar-refractivity contribution in [3.63, 3.8) is 0 Å². The first-order chi connectivity index (χ1) is 6.20. The molecule has 6 heteroatoms. The third-order valence-corrected chi connectivity index (χ3v) is 1.32. The van der Waals surface area contributed by atoms with Crippen LogP contribution in [0.3, 0.4) is 0 Å². The third kappa shape index (κ3) is 7.04. The average Bonchev–Trinajstić information content (AvgIpc) is 2.14. The van der Waals surface area contributed by atoms with Crippen molar-refractivity contribution in [3.05, 3.63) is 4.91 Å².